The number of rotatable bonds is 6. The van der Waals surface area contributed by atoms with Gasteiger partial charge in [0, 0.05) is 7.11 Å². The van der Waals surface area contributed by atoms with Crippen LogP contribution in [0, 0.1) is 0 Å². The van der Waals surface area contributed by atoms with Crippen molar-refractivity contribution < 1.29 is 18.5 Å². The molecule has 74 valence electrons. The highest BCUT2D eigenvalue weighted by Crippen LogP contribution is 2.39. The van der Waals surface area contributed by atoms with Crippen LogP contribution >= 0.6 is 7.82 Å². The van der Waals surface area contributed by atoms with Crippen LogP contribution in [0.3, 0.4) is 0 Å². The van der Waals surface area contributed by atoms with Gasteiger partial charge in [-0.1, -0.05) is 20.3 Å². The molecule has 0 rings (SSSR count). The number of phosphoric acid groups is 1. The van der Waals surface area contributed by atoms with Crippen molar-refractivity contribution in [2.45, 2.75) is 39.2 Å². The third-order valence-corrected chi connectivity index (χ3v) is 2.57. The Morgan fingerprint density at radius 3 is 2.42 bits per heavy atom. The first-order valence-corrected chi connectivity index (χ1v) is 5.57. The Bertz CT molecular complexity index is 159. The Morgan fingerprint density at radius 1 is 1.50 bits per heavy atom. The Morgan fingerprint density at radius 2 is 2.08 bits per heavy atom. The Hall–Kier alpha value is 0.110. The zero-order chi connectivity index (χ0) is 9.61. The molecule has 0 amide bonds. The smallest absolute Gasteiger partial charge is 0.267 e. The van der Waals surface area contributed by atoms with Crippen LogP contribution in [0.15, 0.2) is 0 Å². The topological polar surface area (TPSA) is 58.6 Å². The van der Waals surface area contributed by atoms with E-state index in [0.29, 0.717) is 6.42 Å². The molecule has 5 heteroatoms. The van der Waals surface area contributed by atoms with E-state index in [0.717, 1.165) is 20.0 Å². The summed E-state index contributed by atoms with van der Waals surface area (Å²) < 4.78 is 19.8. The first-order valence-electron chi connectivity index (χ1n) is 4.10. The molecule has 0 saturated carbocycles. The summed E-state index contributed by atoms with van der Waals surface area (Å²) in [5, 5.41) is 0. The number of hydrogen-bond donors (Lipinski definition) is 0. The van der Waals surface area contributed by atoms with Crippen molar-refractivity contribution >= 4 is 7.82 Å². The maximum absolute atomic E-state index is 10.8. The van der Waals surface area contributed by atoms with Crippen molar-refractivity contribution in [3.63, 3.8) is 0 Å². The molecule has 0 aliphatic rings. The average molecular weight is 195 g/mol. The van der Waals surface area contributed by atoms with Crippen LogP contribution in [-0.4, -0.2) is 13.2 Å². The third-order valence-electron chi connectivity index (χ3n) is 1.57. The van der Waals surface area contributed by atoms with Gasteiger partial charge in [-0.15, -0.1) is 0 Å². The SMILES string of the molecule is CCCC(CC)OP(=O)([O-])OC. The fourth-order valence-electron chi connectivity index (χ4n) is 0.879. The molecule has 2 unspecified atom stereocenters. The van der Waals surface area contributed by atoms with Gasteiger partial charge in [0.2, 0.25) is 0 Å². The van der Waals surface area contributed by atoms with Gasteiger partial charge in [0.25, 0.3) is 7.82 Å². The second-order valence-corrected chi connectivity index (χ2v) is 4.02. The summed E-state index contributed by atoms with van der Waals surface area (Å²) in [6.07, 6.45) is 2.09. The molecule has 0 aromatic rings. The van der Waals surface area contributed by atoms with Crippen molar-refractivity contribution in [1.29, 1.82) is 0 Å². The van der Waals surface area contributed by atoms with Crippen LogP contribution in [-0.2, 0) is 13.6 Å². The third kappa shape index (κ3) is 4.88. The largest absolute Gasteiger partial charge is 0.756 e. The molecule has 0 aromatic heterocycles. The van der Waals surface area contributed by atoms with Crippen molar-refractivity contribution in [3.8, 4) is 0 Å². The van der Waals surface area contributed by atoms with Crippen LogP contribution < -0.4 is 4.89 Å². The summed E-state index contributed by atoms with van der Waals surface area (Å²) in [4.78, 5) is 10.8. The van der Waals surface area contributed by atoms with Crippen LogP contribution in [0.4, 0.5) is 0 Å². The van der Waals surface area contributed by atoms with E-state index in [2.05, 4.69) is 4.52 Å². The van der Waals surface area contributed by atoms with Gasteiger partial charge in [-0.3, -0.25) is 4.57 Å². The summed E-state index contributed by atoms with van der Waals surface area (Å²) in [6.45, 7) is 3.87. The van der Waals surface area contributed by atoms with E-state index in [9.17, 15) is 9.46 Å². The molecule has 0 heterocycles. The van der Waals surface area contributed by atoms with E-state index in [1.807, 2.05) is 13.8 Å². The van der Waals surface area contributed by atoms with Crippen LogP contribution in [0.25, 0.3) is 0 Å². The minimum absolute atomic E-state index is 0.238. The van der Waals surface area contributed by atoms with Gasteiger partial charge in [0.05, 0.1) is 6.10 Å². The lowest BCUT2D eigenvalue weighted by Crippen LogP contribution is -2.15. The second kappa shape index (κ2) is 5.70. The van der Waals surface area contributed by atoms with Gasteiger partial charge in [0.15, 0.2) is 0 Å². The molecule has 0 N–H and O–H groups in total. The molecule has 12 heavy (non-hydrogen) atoms. The van der Waals surface area contributed by atoms with Gasteiger partial charge < -0.3 is 13.9 Å². The molecule has 0 bridgehead atoms. The van der Waals surface area contributed by atoms with Crippen LogP contribution in [0.2, 0.25) is 0 Å². The van der Waals surface area contributed by atoms with E-state index >= 15 is 0 Å². The van der Waals surface area contributed by atoms with Crippen molar-refractivity contribution in [2.75, 3.05) is 7.11 Å². The van der Waals surface area contributed by atoms with E-state index in [1.54, 1.807) is 0 Å². The molecule has 0 saturated heterocycles. The van der Waals surface area contributed by atoms with Crippen LogP contribution in [0.5, 0.6) is 0 Å². The molecule has 4 nitrogen and oxygen atoms in total. The molecular weight excluding hydrogens is 179 g/mol. The predicted octanol–water partition coefficient (Wildman–Crippen LogP) is 1.70. The Kier molecular flexibility index (Phi) is 5.76. The minimum atomic E-state index is -4.03. The molecule has 0 spiro atoms. The molecule has 0 aliphatic heterocycles. The lowest BCUT2D eigenvalue weighted by atomic mass is 10.2. The van der Waals surface area contributed by atoms with E-state index in [4.69, 9.17) is 4.52 Å². The fourth-order valence-corrected chi connectivity index (χ4v) is 1.58. The number of phosphoric ester groups is 1. The maximum atomic E-state index is 10.8. The number of hydrogen-bond acceptors (Lipinski definition) is 4. The first kappa shape index (κ1) is 12.1. The van der Waals surface area contributed by atoms with Gasteiger partial charge in [-0.05, 0) is 12.8 Å². The molecule has 0 radical (unpaired) electrons. The summed E-state index contributed by atoms with van der Waals surface area (Å²) in [6, 6.07) is 0. The molecule has 0 aromatic carbocycles. The van der Waals surface area contributed by atoms with Crippen molar-refractivity contribution in [1.82, 2.24) is 0 Å². The first-order chi connectivity index (χ1) is 5.55. The second-order valence-electron chi connectivity index (χ2n) is 2.55. The summed E-state index contributed by atoms with van der Waals surface area (Å²) >= 11 is 0. The minimum Gasteiger partial charge on any atom is -0.756 e. The Balaban J connectivity index is 3.92. The zero-order valence-corrected chi connectivity index (χ0v) is 8.67. The fraction of sp³-hybridized carbons (Fsp3) is 1.00. The van der Waals surface area contributed by atoms with Crippen molar-refractivity contribution in [2.24, 2.45) is 0 Å². The lowest BCUT2D eigenvalue weighted by molar-refractivity contribution is -0.227. The predicted molar refractivity (Wildman–Crippen MR) is 44.7 cm³/mol. The summed E-state index contributed by atoms with van der Waals surface area (Å²) in [5.41, 5.74) is 0. The quantitative estimate of drug-likeness (QED) is 0.605. The molecule has 0 aliphatic carbocycles. The molecule has 2 atom stereocenters. The highest BCUT2D eigenvalue weighted by Gasteiger charge is 2.13. The van der Waals surface area contributed by atoms with Gasteiger partial charge in [-0.2, -0.15) is 0 Å². The highest BCUT2D eigenvalue weighted by molar-refractivity contribution is 7.45. The summed E-state index contributed by atoms with van der Waals surface area (Å²) in [7, 11) is -2.92. The van der Waals surface area contributed by atoms with E-state index < -0.39 is 7.82 Å². The van der Waals surface area contributed by atoms with Gasteiger partial charge >= 0.3 is 0 Å². The Labute approximate surface area is 73.5 Å². The highest BCUT2D eigenvalue weighted by atomic mass is 31.2. The van der Waals surface area contributed by atoms with Crippen LogP contribution in [0.1, 0.15) is 33.1 Å². The lowest BCUT2D eigenvalue weighted by Gasteiger charge is -2.25. The standard InChI is InChI=1S/C7H17O4P/c1-4-6-7(5-2)11-12(8,9)10-3/h7H,4-6H2,1-3H3,(H,8,9)/p-1. The van der Waals surface area contributed by atoms with E-state index in [-0.39, 0.29) is 6.10 Å². The average Bonchev–Trinajstić information content (AvgIpc) is 2.03. The monoisotopic (exact) mass is 195 g/mol. The van der Waals surface area contributed by atoms with Crippen molar-refractivity contribution in [3.05, 3.63) is 0 Å². The molecular formula is C7H16O4P-. The normalized spacial score (nSPS) is 18.7. The van der Waals surface area contributed by atoms with E-state index in [1.165, 1.54) is 0 Å². The van der Waals surface area contributed by atoms with Gasteiger partial charge in [0.1, 0.15) is 0 Å². The van der Waals surface area contributed by atoms with Gasteiger partial charge in [-0.25, -0.2) is 0 Å². The summed E-state index contributed by atoms with van der Waals surface area (Å²) in [5.74, 6) is 0. The maximum Gasteiger partial charge on any atom is 0.267 e. The zero-order valence-electron chi connectivity index (χ0n) is 7.78. The molecule has 0 fully saturated rings.